The number of aromatic nitrogens is 3. The van der Waals surface area contributed by atoms with E-state index in [0.717, 1.165) is 43.1 Å². The number of carbonyl (C=O) groups is 1. The first kappa shape index (κ1) is 35.8. The van der Waals surface area contributed by atoms with Crippen LogP contribution >= 0.6 is 22.9 Å². The van der Waals surface area contributed by atoms with Crippen LogP contribution in [0.25, 0.3) is 32.1 Å². The van der Waals surface area contributed by atoms with E-state index in [-0.39, 0.29) is 53.8 Å². The van der Waals surface area contributed by atoms with Gasteiger partial charge in [0.05, 0.1) is 21.3 Å². The number of anilines is 4. The largest absolute Gasteiger partial charge is 0.490 e. The number of carboxylic acids is 1. The highest BCUT2D eigenvalue weighted by Crippen LogP contribution is 2.47. The minimum absolute atomic E-state index is 0.0157. The number of pyridine rings is 1. The zero-order valence-corrected chi connectivity index (χ0v) is 28.8. The van der Waals surface area contributed by atoms with Crippen molar-refractivity contribution in [1.29, 1.82) is 5.26 Å². The summed E-state index contributed by atoms with van der Waals surface area (Å²) >= 11 is 7.78. The van der Waals surface area contributed by atoms with E-state index in [1.165, 1.54) is 12.1 Å². The summed E-state index contributed by atoms with van der Waals surface area (Å²) < 4.78 is 63.6. The predicted octanol–water partition coefficient (Wildman–Crippen LogP) is 6.46. The lowest BCUT2D eigenvalue weighted by atomic mass is 9.73. The highest BCUT2D eigenvalue weighted by atomic mass is 35.5. The molecule has 0 unspecified atom stereocenters. The number of benzene rings is 2. The molecule has 5 N–H and O–H groups in total. The molecular formula is C33H29ClF5N9O2S. The molecule has 5 heterocycles. The van der Waals surface area contributed by atoms with E-state index in [4.69, 9.17) is 42.9 Å². The Morgan fingerprint density at radius 1 is 1.18 bits per heavy atom. The minimum Gasteiger partial charge on any atom is -0.475 e. The molecule has 2 aromatic carbocycles. The van der Waals surface area contributed by atoms with Crippen LogP contribution in [0.5, 0.6) is 0 Å². The quantitative estimate of drug-likeness (QED) is 0.170. The summed E-state index contributed by atoms with van der Waals surface area (Å²) in [7, 11) is 3.95. The van der Waals surface area contributed by atoms with Gasteiger partial charge in [0.1, 0.15) is 34.0 Å². The van der Waals surface area contributed by atoms with Crippen LogP contribution in [0.15, 0.2) is 36.5 Å². The van der Waals surface area contributed by atoms with Crippen LogP contribution in [0.2, 0.25) is 5.02 Å². The van der Waals surface area contributed by atoms with Crippen molar-refractivity contribution >= 4 is 72.5 Å². The van der Waals surface area contributed by atoms with Crippen LogP contribution in [-0.2, 0) is 4.79 Å². The van der Waals surface area contributed by atoms with Gasteiger partial charge in [-0.1, -0.05) is 23.7 Å². The Hall–Kier alpha value is -5.05. The van der Waals surface area contributed by atoms with Gasteiger partial charge in [0, 0.05) is 66.7 Å². The Balaban J connectivity index is 0.000000582. The number of alkyl halides is 3. The Bertz CT molecular complexity index is 2250. The Labute approximate surface area is 296 Å². The standard InChI is InChI=1S/C31H28ClF2N9S.C2HF3O2/c1-15(16-5-4-8-38-27(16)36)42(3)29-18-9-20(32)23(17-6-7-21(33)26-22(17)19(10-35)28(37)44-26)24(34)25(18)39-30(40-29)43-13-31(14-43)11-41(2)12-31;3-2(4,5)1(6)7/h4-9,15H,11-14,37H2,1-3H3,(H2,36,38);(H,6,7)/t15-;/m1./s1. The van der Waals surface area contributed by atoms with Crippen molar-refractivity contribution in [3.63, 3.8) is 0 Å². The van der Waals surface area contributed by atoms with Crippen molar-refractivity contribution in [2.75, 3.05) is 61.5 Å². The summed E-state index contributed by atoms with van der Waals surface area (Å²) in [6.45, 7) is 5.46. The van der Waals surface area contributed by atoms with Gasteiger partial charge < -0.3 is 31.3 Å². The highest BCUT2D eigenvalue weighted by molar-refractivity contribution is 7.23. The lowest BCUT2D eigenvalue weighted by Gasteiger charge is -2.59. The number of hydrogen-bond donors (Lipinski definition) is 3. The lowest BCUT2D eigenvalue weighted by Crippen LogP contribution is -2.71. The van der Waals surface area contributed by atoms with E-state index in [1.807, 2.05) is 37.1 Å². The molecule has 51 heavy (non-hydrogen) atoms. The van der Waals surface area contributed by atoms with E-state index in [0.29, 0.717) is 23.0 Å². The molecule has 1 spiro atoms. The smallest absolute Gasteiger partial charge is 0.475 e. The molecule has 0 radical (unpaired) electrons. The molecule has 0 aliphatic carbocycles. The number of nitrogens with two attached hydrogens (primary N) is 2. The first-order chi connectivity index (χ1) is 24.0. The first-order valence-electron chi connectivity index (χ1n) is 15.2. The van der Waals surface area contributed by atoms with Gasteiger partial charge in [0.15, 0.2) is 5.82 Å². The zero-order valence-electron chi connectivity index (χ0n) is 27.2. The molecule has 2 fully saturated rings. The van der Waals surface area contributed by atoms with E-state index in [9.17, 15) is 22.8 Å². The molecule has 2 saturated heterocycles. The maximum atomic E-state index is 16.9. The Morgan fingerprint density at radius 3 is 2.43 bits per heavy atom. The van der Waals surface area contributed by atoms with Crippen molar-refractivity contribution in [3.05, 3.63) is 64.3 Å². The van der Waals surface area contributed by atoms with Crippen LogP contribution < -0.4 is 21.3 Å². The maximum Gasteiger partial charge on any atom is 0.490 e. The van der Waals surface area contributed by atoms with Gasteiger partial charge in [-0.2, -0.15) is 23.4 Å². The SMILES string of the molecule is C[C@H](c1cccnc1N)N(C)c1nc(N2CC3(CN(C)C3)C2)nc2c(F)c(-c3ccc(F)c4sc(N)c(C#N)c34)c(Cl)cc12.O=C(O)C(F)(F)F. The molecule has 0 amide bonds. The summed E-state index contributed by atoms with van der Waals surface area (Å²) in [5.41, 5.74) is 13.7. The van der Waals surface area contributed by atoms with Crippen molar-refractivity contribution < 1.29 is 31.9 Å². The lowest BCUT2D eigenvalue weighted by molar-refractivity contribution is -0.192. The van der Waals surface area contributed by atoms with Crippen molar-refractivity contribution in [3.8, 4) is 17.2 Å². The fourth-order valence-corrected chi connectivity index (χ4v) is 7.96. The molecule has 18 heteroatoms. The van der Waals surface area contributed by atoms with E-state index in [1.54, 1.807) is 12.3 Å². The van der Waals surface area contributed by atoms with Crippen LogP contribution in [0, 0.1) is 28.4 Å². The second kappa shape index (κ2) is 12.9. The highest BCUT2D eigenvalue weighted by Gasteiger charge is 2.51. The van der Waals surface area contributed by atoms with E-state index >= 15 is 4.39 Å². The summed E-state index contributed by atoms with van der Waals surface area (Å²) in [5, 5.41) is 17.8. The van der Waals surface area contributed by atoms with Gasteiger partial charge in [-0.25, -0.2) is 23.5 Å². The monoisotopic (exact) mass is 745 g/mol. The molecule has 3 aromatic heterocycles. The number of nitrogens with zero attached hydrogens (tertiary/aromatic N) is 7. The number of hydrogen-bond acceptors (Lipinski definition) is 11. The number of fused-ring (bicyclic) bond motifs is 2. The third-order valence-electron chi connectivity index (χ3n) is 9.08. The van der Waals surface area contributed by atoms with Gasteiger partial charge in [0.2, 0.25) is 5.95 Å². The number of halogens is 6. The number of nitriles is 1. The van der Waals surface area contributed by atoms with Gasteiger partial charge in [-0.05, 0) is 37.7 Å². The number of nitrogen functional groups attached to an aromatic ring is 2. The van der Waals surface area contributed by atoms with E-state index < -0.39 is 23.8 Å². The molecule has 0 saturated carbocycles. The topological polar surface area (TPSA) is 162 Å². The third kappa shape index (κ3) is 6.28. The van der Waals surface area contributed by atoms with Gasteiger partial charge in [0.25, 0.3) is 0 Å². The number of carboxylic acid groups (broad SMARTS) is 1. The average molecular weight is 746 g/mol. The molecule has 2 aliphatic heterocycles. The van der Waals surface area contributed by atoms with Crippen LogP contribution in [0.3, 0.4) is 0 Å². The van der Waals surface area contributed by atoms with Crippen LogP contribution in [-0.4, -0.2) is 77.4 Å². The molecule has 11 nitrogen and oxygen atoms in total. The molecule has 5 aromatic rings. The molecule has 266 valence electrons. The second-order valence-corrected chi connectivity index (χ2v) is 14.1. The molecular weight excluding hydrogens is 717 g/mol. The summed E-state index contributed by atoms with van der Waals surface area (Å²) in [6, 6.07) is 9.76. The third-order valence-corrected chi connectivity index (χ3v) is 10.4. The molecule has 1 atom stereocenters. The summed E-state index contributed by atoms with van der Waals surface area (Å²) in [5.74, 6) is -2.74. The molecule has 7 rings (SSSR count). The minimum atomic E-state index is -5.08. The average Bonchev–Trinajstić information content (AvgIpc) is 3.39. The van der Waals surface area contributed by atoms with Crippen molar-refractivity contribution in [1.82, 2.24) is 19.9 Å². The van der Waals surface area contributed by atoms with Crippen LogP contribution in [0.1, 0.15) is 24.1 Å². The summed E-state index contributed by atoms with van der Waals surface area (Å²) in [6.07, 6.45) is -3.46. The van der Waals surface area contributed by atoms with E-state index in [2.05, 4.69) is 21.8 Å². The molecule has 0 bridgehead atoms. The van der Waals surface area contributed by atoms with Crippen LogP contribution in [0.4, 0.5) is 44.5 Å². The predicted molar refractivity (Wildman–Crippen MR) is 186 cm³/mol. The van der Waals surface area contributed by atoms with Gasteiger partial charge in [-0.3, -0.25) is 0 Å². The normalized spacial score (nSPS) is 15.9. The summed E-state index contributed by atoms with van der Waals surface area (Å²) in [4.78, 5) is 29.1. The molecule has 2 aliphatic rings. The number of aliphatic carboxylic acids is 1. The van der Waals surface area contributed by atoms with Crippen molar-refractivity contribution in [2.24, 2.45) is 5.41 Å². The maximum absolute atomic E-state index is 16.9. The number of rotatable bonds is 5. The Morgan fingerprint density at radius 2 is 1.84 bits per heavy atom. The van der Waals surface area contributed by atoms with Gasteiger partial charge in [-0.15, -0.1) is 11.3 Å². The number of likely N-dealkylation sites (tertiary alicyclic amines) is 1. The second-order valence-electron chi connectivity index (χ2n) is 12.6. The fraction of sp³-hybridized carbons (Fsp3) is 0.303. The Kier molecular flexibility index (Phi) is 9.07. The zero-order chi connectivity index (χ0) is 37.2. The van der Waals surface area contributed by atoms with Gasteiger partial charge >= 0.3 is 12.1 Å². The number of thiophene rings is 1. The van der Waals surface area contributed by atoms with Crippen molar-refractivity contribution in [2.45, 2.75) is 19.1 Å². The fourth-order valence-electron chi connectivity index (χ4n) is 6.71. The first-order valence-corrected chi connectivity index (χ1v) is 16.4.